The minimum absolute atomic E-state index is 0.191. The maximum atomic E-state index is 12.7. The zero-order valence-corrected chi connectivity index (χ0v) is 15.0. The van der Waals surface area contributed by atoms with Gasteiger partial charge in [-0.2, -0.15) is 0 Å². The molecule has 8 nitrogen and oxygen atoms in total. The Hall–Kier alpha value is -3.13. The van der Waals surface area contributed by atoms with Crippen LogP contribution in [0.3, 0.4) is 0 Å². The molecule has 1 saturated heterocycles. The molecule has 1 atom stereocenters. The SMILES string of the molecule is NC(=NN1CCNCC1)NC(Cc1ccccc1)C(=O)Oc1ccccn1. The molecule has 0 saturated carbocycles. The number of nitrogens with two attached hydrogens (primary N) is 1. The highest BCUT2D eigenvalue weighted by molar-refractivity contribution is 5.86. The average Bonchev–Trinajstić information content (AvgIpc) is 2.70. The average molecular weight is 368 g/mol. The molecule has 4 N–H and O–H groups in total. The fraction of sp³-hybridized carbons (Fsp3) is 0.316. The molecule has 1 aliphatic heterocycles. The molecule has 1 fully saturated rings. The number of nitrogens with zero attached hydrogens (tertiary/aromatic N) is 3. The standard InChI is InChI=1S/C19H24N6O2/c20-19(24-25-12-10-21-11-13-25)23-16(14-15-6-2-1-3-7-15)18(26)27-17-8-4-5-9-22-17/h1-9,16,21H,10-14H2,(H3,20,23,24). The number of nitrogens with one attached hydrogen (secondary N) is 2. The first-order valence-electron chi connectivity index (χ1n) is 8.93. The van der Waals surface area contributed by atoms with Crippen LogP contribution in [0.2, 0.25) is 0 Å². The highest BCUT2D eigenvalue weighted by atomic mass is 16.5. The first kappa shape index (κ1) is 18.7. The van der Waals surface area contributed by atoms with Crippen LogP contribution < -0.4 is 21.1 Å². The van der Waals surface area contributed by atoms with Crippen LogP contribution in [0.5, 0.6) is 5.88 Å². The van der Waals surface area contributed by atoms with Crippen LogP contribution in [0.1, 0.15) is 5.56 Å². The summed E-state index contributed by atoms with van der Waals surface area (Å²) in [5.41, 5.74) is 7.03. The third-order valence-electron chi connectivity index (χ3n) is 4.07. The molecule has 1 aliphatic rings. The van der Waals surface area contributed by atoms with Crippen molar-refractivity contribution >= 4 is 11.9 Å². The molecule has 0 radical (unpaired) electrons. The van der Waals surface area contributed by atoms with Crippen molar-refractivity contribution in [1.82, 2.24) is 20.6 Å². The first-order chi connectivity index (χ1) is 13.2. The van der Waals surface area contributed by atoms with Gasteiger partial charge in [0.2, 0.25) is 11.8 Å². The van der Waals surface area contributed by atoms with Gasteiger partial charge in [0.25, 0.3) is 0 Å². The van der Waals surface area contributed by atoms with Crippen LogP contribution >= 0.6 is 0 Å². The van der Waals surface area contributed by atoms with Crippen LogP contribution in [-0.2, 0) is 11.2 Å². The normalized spacial score (nSPS) is 15.9. The largest absolute Gasteiger partial charge is 0.406 e. The van der Waals surface area contributed by atoms with Gasteiger partial charge in [-0.25, -0.2) is 9.78 Å². The summed E-state index contributed by atoms with van der Waals surface area (Å²) in [6.45, 7) is 3.24. The molecule has 2 heterocycles. The Labute approximate surface area is 158 Å². The number of hydrogen-bond acceptors (Lipinski definition) is 6. The topological polar surface area (TPSA) is 105 Å². The van der Waals surface area contributed by atoms with Crippen molar-refractivity contribution in [3.63, 3.8) is 0 Å². The second-order valence-corrected chi connectivity index (χ2v) is 6.16. The predicted molar refractivity (Wildman–Crippen MR) is 103 cm³/mol. The van der Waals surface area contributed by atoms with Crippen molar-refractivity contribution in [2.75, 3.05) is 26.2 Å². The van der Waals surface area contributed by atoms with E-state index in [2.05, 4.69) is 20.7 Å². The van der Waals surface area contributed by atoms with E-state index in [0.717, 1.165) is 31.7 Å². The van der Waals surface area contributed by atoms with Gasteiger partial charge in [-0.05, 0) is 11.6 Å². The lowest BCUT2D eigenvalue weighted by molar-refractivity contribution is -0.136. The van der Waals surface area contributed by atoms with E-state index in [1.165, 1.54) is 0 Å². The number of aromatic nitrogens is 1. The number of piperazine rings is 1. The van der Waals surface area contributed by atoms with Crippen LogP contribution in [0.25, 0.3) is 0 Å². The maximum absolute atomic E-state index is 12.7. The number of carbonyl (C=O) groups is 1. The first-order valence-corrected chi connectivity index (χ1v) is 8.93. The monoisotopic (exact) mass is 368 g/mol. The van der Waals surface area contributed by atoms with E-state index < -0.39 is 12.0 Å². The minimum atomic E-state index is -0.680. The van der Waals surface area contributed by atoms with Crippen molar-refractivity contribution < 1.29 is 9.53 Å². The van der Waals surface area contributed by atoms with Gasteiger partial charge in [-0.1, -0.05) is 36.4 Å². The van der Waals surface area contributed by atoms with E-state index in [-0.39, 0.29) is 11.8 Å². The Morgan fingerprint density at radius 3 is 2.67 bits per heavy atom. The number of hydrazone groups is 1. The molecule has 1 unspecified atom stereocenters. The van der Waals surface area contributed by atoms with E-state index in [4.69, 9.17) is 10.5 Å². The lowest BCUT2D eigenvalue weighted by Crippen LogP contribution is -2.49. The summed E-state index contributed by atoms with van der Waals surface area (Å²) in [4.78, 5) is 16.7. The lowest BCUT2D eigenvalue weighted by Gasteiger charge is -2.25. The number of pyridine rings is 1. The van der Waals surface area contributed by atoms with Gasteiger partial charge in [0, 0.05) is 44.9 Å². The van der Waals surface area contributed by atoms with Crippen LogP contribution in [0, 0.1) is 0 Å². The number of ether oxygens (including phenoxy) is 1. The molecule has 142 valence electrons. The Bertz CT molecular complexity index is 747. The summed E-state index contributed by atoms with van der Waals surface area (Å²) >= 11 is 0. The Morgan fingerprint density at radius 1 is 1.22 bits per heavy atom. The highest BCUT2D eigenvalue weighted by Gasteiger charge is 2.23. The molecule has 27 heavy (non-hydrogen) atoms. The van der Waals surface area contributed by atoms with E-state index in [1.54, 1.807) is 24.4 Å². The molecule has 2 aromatic rings. The van der Waals surface area contributed by atoms with Gasteiger partial charge in [0.15, 0.2) is 0 Å². The molecule has 1 aromatic heterocycles. The number of hydrogen-bond donors (Lipinski definition) is 3. The number of guanidine groups is 1. The van der Waals surface area contributed by atoms with Crippen LogP contribution in [0.15, 0.2) is 59.8 Å². The van der Waals surface area contributed by atoms with Crippen molar-refractivity contribution in [3.8, 4) is 5.88 Å². The van der Waals surface area contributed by atoms with Crippen molar-refractivity contribution in [1.29, 1.82) is 0 Å². The molecule has 0 amide bonds. The van der Waals surface area contributed by atoms with E-state index in [0.29, 0.717) is 6.42 Å². The summed E-state index contributed by atoms with van der Waals surface area (Å²) in [6.07, 6.45) is 1.99. The fourth-order valence-electron chi connectivity index (χ4n) is 2.74. The molecule has 3 rings (SSSR count). The number of esters is 1. The zero-order chi connectivity index (χ0) is 18.9. The smallest absolute Gasteiger partial charge is 0.335 e. The quantitative estimate of drug-likeness (QED) is 0.383. The molecular weight excluding hydrogens is 344 g/mol. The molecule has 0 spiro atoms. The summed E-state index contributed by atoms with van der Waals surface area (Å²) in [7, 11) is 0. The Morgan fingerprint density at radius 2 is 1.96 bits per heavy atom. The van der Waals surface area contributed by atoms with Gasteiger partial charge < -0.3 is 21.1 Å². The van der Waals surface area contributed by atoms with Gasteiger partial charge >= 0.3 is 5.97 Å². The zero-order valence-electron chi connectivity index (χ0n) is 15.0. The van der Waals surface area contributed by atoms with E-state index >= 15 is 0 Å². The molecule has 1 aromatic carbocycles. The Kier molecular flexibility index (Phi) is 6.59. The number of carbonyl (C=O) groups excluding carboxylic acids is 1. The third-order valence-corrected chi connectivity index (χ3v) is 4.07. The van der Waals surface area contributed by atoms with Crippen LogP contribution in [0.4, 0.5) is 0 Å². The highest BCUT2D eigenvalue weighted by Crippen LogP contribution is 2.09. The second-order valence-electron chi connectivity index (χ2n) is 6.16. The lowest BCUT2D eigenvalue weighted by atomic mass is 10.1. The van der Waals surface area contributed by atoms with Crippen LogP contribution in [-0.4, -0.2) is 54.1 Å². The second kappa shape index (κ2) is 9.54. The van der Waals surface area contributed by atoms with Gasteiger partial charge in [0.05, 0.1) is 0 Å². The van der Waals surface area contributed by atoms with Gasteiger partial charge in [-0.15, -0.1) is 5.10 Å². The van der Waals surface area contributed by atoms with Crippen molar-refractivity contribution in [3.05, 3.63) is 60.3 Å². The fourth-order valence-corrected chi connectivity index (χ4v) is 2.74. The van der Waals surface area contributed by atoms with Gasteiger partial charge in [-0.3, -0.25) is 5.01 Å². The van der Waals surface area contributed by atoms with Crippen molar-refractivity contribution in [2.24, 2.45) is 10.8 Å². The van der Waals surface area contributed by atoms with Crippen molar-refractivity contribution in [2.45, 2.75) is 12.5 Å². The summed E-state index contributed by atoms with van der Waals surface area (Å²) in [5, 5.41) is 12.5. The third kappa shape index (κ3) is 5.96. The maximum Gasteiger partial charge on any atom is 0.335 e. The summed E-state index contributed by atoms with van der Waals surface area (Å²) in [5.74, 6) is -0.0215. The summed E-state index contributed by atoms with van der Waals surface area (Å²) in [6, 6.07) is 14.2. The molecule has 0 bridgehead atoms. The number of rotatable bonds is 6. The molecule has 8 heteroatoms. The summed E-state index contributed by atoms with van der Waals surface area (Å²) < 4.78 is 5.39. The number of benzene rings is 1. The van der Waals surface area contributed by atoms with Gasteiger partial charge in [0.1, 0.15) is 6.04 Å². The molecule has 0 aliphatic carbocycles. The van der Waals surface area contributed by atoms with E-state index in [1.807, 2.05) is 35.3 Å². The molecular formula is C19H24N6O2. The minimum Gasteiger partial charge on any atom is -0.406 e. The predicted octanol–water partition coefficient (Wildman–Crippen LogP) is 0.323. The Balaban J connectivity index is 1.70. The van der Waals surface area contributed by atoms with E-state index in [9.17, 15) is 4.79 Å².